The minimum atomic E-state index is -0.701. The summed E-state index contributed by atoms with van der Waals surface area (Å²) in [4.78, 5) is 0. The molecule has 1 aromatic carbocycles. The zero-order chi connectivity index (χ0) is 12.3. The maximum absolute atomic E-state index is 10.7. The summed E-state index contributed by atoms with van der Waals surface area (Å²) in [5.41, 5.74) is 0.458. The average Bonchev–Trinajstić information content (AvgIpc) is 2.29. The first-order valence-corrected chi connectivity index (χ1v) is 6.93. The lowest BCUT2D eigenvalue weighted by atomic mass is 9.78. The zero-order valence-electron chi connectivity index (χ0n) is 10.2. The quantitative estimate of drug-likeness (QED) is 0.928. The van der Waals surface area contributed by atoms with Crippen molar-refractivity contribution in [3.05, 3.63) is 34.3 Å². The van der Waals surface area contributed by atoms with Crippen molar-refractivity contribution in [2.75, 3.05) is 7.11 Å². The van der Waals surface area contributed by atoms with E-state index in [0.29, 0.717) is 6.42 Å². The van der Waals surface area contributed by atoms with Gasteiger partial charge in [-0.3, -0.25) is 0 Å². The molecule has 1 fully saturated rings. The fourth-order valence-corrected chi connectivity index (χ4v) is 3.18. The number of hydrogen-bond donors (Lipinski definition) is 1. The first kappa shape index (κ1) is 13.1. The topological polar surface area (TPSA) is 29.5 Å². The smallest absolute Gasteiger partial charge is 0.0948 e. The van der Waals surface area contributed by atoms with Crippen LogP contribution >= 0.6 is 15.9 Å². The molecule has 0 heterocycles. The van der Waals surface area contributed by atoms with E-state index in [1.807, 2.05) is 12.1 Å². The number of ether oxygens (including phenoxy) is 1. The van der Waals surface area contributed by atoms with Crippen molar-refractivity contribution in [2.24, 2.45) is 0 Å². The molecule has 2 nitrogen and oxygen atoms in total. The molecular formula is C14H19BrO2. The first-order chi connectivity index (χ1) is 8.14. The molecule has 1 aromatic rings. The van der Waals surface area contributed by atoms with Gasteiger partial charge in [0, 0.05) is 18.0 Å². The Hall–Kier alpha value is -0.380. The molecule has 0 aliphatic heterocycles. The molecule has 2 rings (SSSR count). The Morgan fingerprint density at radius 3 is 3.00 bits per heavy atom. The molecule has 1 aliphatic carbocycles. The van der Waals surface area contributed by atoms with Crippen LogP contribution < -0.4 is 0 Å². The van der Waals surface area contributed by atoms with E-state index in [-0.39, 0.29) is 6.10 Å². The van der Waals surface area contributed by atoms with Crippen molar-refractivity contribution in [3.8, 4) is 0 Å². The highest BCUT2D eigenvalue weighted by Gasteiger charge is 2.39. The number of methoxy groups -OCH3 is 1. The largest absolute Gasteiger partial charge is 0.387 e. The summed E-state index contributed by atoms with van der Waals surface area (Å²) in [6.45, 7) is 0. The van der Waals surface area contributed by atoms with Crippen molar-refractivity contribution in [3.63, 3.8) is 0 Å². The molecule has 1 aliphatic rings. The minimum absolute atomic E-state index is 0.0322. The molecule has 3 heteroatoms. The van der Waals surface area contributed by atoms with Gasteiger partial charge in [0.1, 0.15) is 0 Å². The maximum atomic E-state index is 10.7. The molecule has 17 heavy (non-hydrogen) atoms. The summed E-state index contributed by atoms with van der Waals surface area (Å²) in [7, 11) is 1.70. The Bertz CT molecular complexity index is 380. The molecule has 0 radical (unpaired) electrons. The van der Waals surface area contributed by atoms with E-state index in [9.17, 15) is 5.11 Å². The second kappa shape index (κ2) is 5.51. The van der Waals surface area contributed by atoms with Gasteiger partial charge in [-0.15, -0.1) is 0 Å². The Morgan fingerprint density at radius 1 is 1.47 bits per heavy atom. The number of halogens is 1. The Labute approximate surface area is 111 Å². The third-order valence-corrected chi connectivity index (χ3v) is 4.10. The molecule has 0 aromatic heterocycles. The van der Waals surface area contributed by atoms with Gasteiger partial charge in [0.25, 0.3) is 0 Å². The van der Waals surface area contributed by atoms with E-state index in [2.05, 4.69) is 28.1 Å². The Morgan fingerprint density at radius 2 is 2.29 bits per heavy atom. The van der Waals surface area contributed by atoms with Crippen LogP contribution in [0.2, 0.25) is 0 Å². The molecule has 94 valence electrons. The third kappa shape index (κ3) is 3.09. The highest BCUT2D eigenvalue weighted by atomic mass is 79.9. The SMILES string of the molecule is COC1CCCCC1(O)Cc1cccc(Br)c1. The van der Waals surface area contributed by atoms with E-state index in [0.717, 1.165) is 35.7 Å². The Kier molecular flexibility index (Phi) is 4.23. The standard InChI is InChI=1S/C14H19BrO2/c1-17-13-7-2-3-8-14(13,16)10-11-5-4-6-12(15)9-11/h4-6,9,13,16H,2-3,7-8,10H2,1H3. The molecule has 0 spiro atoms. The summed E-state index contributed by atoms with van der Waals surface area (Å²) in [6.07, 6.45) is 4.67. The van der Waals surface area contributed by atoms with Crippen molar-refractivity contribution < 1.29 is 9.84 Å². The van der Waals surface area contributed by atoms with Gasteiger partial charge in [-0.25, -0.2) is 0 Å². The molecule has 1 saturated carbocycles. The molecule has 0 amide bonds. The first-order valence-electron chi connectivity index (χ1n) is 6.14. The van der Waals surface area contributed by atoms with Crippen LogP contribution in [0, 0.1) is 0 Å². The van der Waals surface area contributed by atoms with Gasteiger partial charge in [0.05, 0.1) is 11.7 Å². The number of benzene rings is 1. The van der Waals surface area contributed by atoms with Crippen LogP contribution in [0.25, 0.3) is 0 Å². The van der Waals surface area contributed by atoms with Crippen molar-refractivity contribution in [2.45, 2.75) is 43.8 Å². The zero-order valence-corrected chi connectivity index (χ0v) is 11.7. The lowest BCUT2D eigenvalue weighted by Gasteiger charge is -2.39. The fraction of sp³-hybridized carbons (Fsp3) is 0.571. The van der Waals surface area contributed by atoms with Crippen LogP contribution in [-0.4, -0.2) is 23.9 Å². The van der Waals surface area contributed by atoms with E-state index in [1.54, 1.807) is 7.11 Å². The summed E-state index contributed by atoms with van der Waals surface area (Å²) >= 11 is 3.46. The second-order valence-electron chi connectivity index (χ2n) is 4.88. The van der Waals surface area contributed by atoms with Crippen LogP contribution in [-0.2, 0) is 11.2 Å². The lowest BCUT2D eigenvalue weighted by molar-refractivity contribution is -0.116. The number of rotatable bonds is 3. The fourth-order valence-electron chi connectivity index (χ4n) is 2.73. The molecule has 0 bridgehead atoms. The van der Waals surface area contributed by atoms with Crippen LogP contribution in [0.4, 0.5) is 0 Å². The Balaban J connectivity index is 2.14. The van der Waals surface area contributed by atoms with E-state index in [4.69, 9.17) is 4.74 Å². The molecule has 0 saturated heterocycles. The van der Waals surface area contributed by atoms with Crippen LogP contribution in [0.5, 0.6) is 0 Å². The van der Waals surface area contributed by atoms with Crippen LogP contribution in [0.15, 0.2) is 28.7 Å². The summed E-state index contributed by atoms with van der Waals surface area (Å²) in [5.74, 6) is 0. The predicted molar refractivity (Wildman–Crippen MR) is 72.1 cm³/mol. The molecule has 1 N–H and O–H groups in total. The van der Waals surface area contributed by atoms with Crippen LogP contribution in [0.3, 0.4) is 0 Å². The van der Waals surface area contributed by atoms with E-state index in [1.165, 1.54) is 0 Å². The molecular weight excluding hydrogens is 280 g/mol. The molecule has 2 atom stereocenters. The van der Waals surface area contributed by atoms with Gasteiger partial charge >= 0.3 is 0 Å². The normalized spacial score (nSPS) is 29.2. The maximum Gasteiger partial charge on any atom is 0.0948 e. The lowest BCUT2D eigenvalue weighted by Crippen LogP contribution is -2.47. The highest BCUT2D eigenvalue weighted by Crippen LogP contribution is 2.33. The third-order valence-electron chi connectivity index (χ3n) is 3.61. The summed E-state index contributed by atoms with van der Waals surface area (Å²) < 4.78 is 6.51. The summed E-state index contributed by atoms with van der Waals surface area (Å²) in [5, 5.41) is 10.7. The van der Waals surface area contributed by atoms with Gasteiger partial charge in [-0.2, -0.15) is 0 Å². The monoisotopic (exact) mass is 298 g/mol. The summed E-state index contributed by atoms with van der Waals surface area (Å²) in [6, 6.07) is 8.14. The van der Waals surface area contributed by atoms with Gasteiger partial charge in [-0.1, -0.05) is 40.9 Å². The van der Waals surface area contributed by atoms with E-state index >= 15 is 0 Å². The van der Waals surface area contributed by atoms with Gasteiger partial charge in [0.2, 0.25) is 0 Å². The average molecular weight is 299 g/mol. The van der Waals surface area contributed by atoms with Gasteiger partial charge < -0.3 is 9.84 Å². The number of hydrogen-bond acceptors (Lipinski definition) is 2. The van der Waals surface area contributed by atoms with Gasteiger partial charge in [0.15, 0.2) is 0 Å². The van der Waals surface area contributed by atoms with Crippen molar-refractivity contribution >= 4 is 15.9 Å². The number of aliphatic hydroxyl groups is 1. The molecule has 2 unspecified atom stereocenters. The van der Waals surface area contributed by atoms with Crippen molar-refractivity contribution in [1.29, 1.82) is 0 Å². The van der Waals surface area contributed by atoms with E-state index < -0.39 is 5.60 Å². The second-order valence-corrected chi connectivity index (χ2v) is 5.80. The van der Waals surface area contributed by atoms with Crippen molar-refractivity contribution in [1.82, 2.24) is 0 Å². The highest BCUT2D eigenvalue weighted by molar-refractivity contribution is 9.10. The van der Waals surface area contributed by atoms with Crippen LogP contribution in [0.1, 0.15) is 31.2 Å². The predicted octanol–water partition coefficient (Wildman–Crippen LogP) is 3.31. The minimum Gasteiger partial charge on any atom is -0.387 e. The van der Waals surface area contributed by atoms with Gasteiger partial charge in [-0.05, 0) is 30.5 Å².